The van der Waals surface area contributed by atoms with E-state index in [0.29, 0.717) is 22.2 Å². The minimum absolute atomic E-state index is 0.269. The second-order valence-corrected chi connectivity index (χ2v) is 6.21. The molecule has 5 nitrogen and oxygen atoms in total. The second-order valence-electron chi connectivity index (χ2n) is 5.34. The van der Waals surface area contributed by atoms with Crippen LogP contribution in [0.4, 0.5) is 11.6 Å². The lowest BCUT2D eigenvalue weighted by Crippen LogP contribution is -2.19. The molecule has 0 bridgehead atoms. The van der Waals surface area contributed by atoms with Crippen LogP contribution < -0.4 is 10.9 Å². The highest BCUT2D eigenvalue weighted by Crippen LogP contribution is 2.22. The Labute approximate surface area is 148 Å². The smallest absolute Gasteiger partial charge is 0.274 e. The van der Waals surface area contributed by atoms with Crippen molar-refractivity contribution in [2.45, 2.75) is 13.3 Å². The van der Waals surface area contributed by atoms with Crippen molar-refractivity contribution < 1.29 is 0 Å². The van der Waals surface area contributed by atoms with Gasteiger partial charge in [0.25, 0.3) is 5.56 Å². The van der Waals surface area contributed by atoms with Crippen molar-refractivity contribution in [2.24, 2.45) is 0 Å². The highest BCUT2D eigenvalue weighted by Gasteiger charge is 2.08. The summed E-state index contributed by atoms with van der Waals surface area (Å²) in [6.07, 6.45) is 0.385. The van der Waals surface area contributed by atoms with E-state index in [4.69, 9.17) is 23.2 Å². The molecule has 0 aliphatic heterocycles. The van der Waals surface area contributed by atoms with Crippen LogP contribution in [0.2, 0.25) is 10.0 Å². The molecule has 1 aromatic heterocycles. The van der Waals surface area contributed by atoms with Gasteiger partial charge in [-0.25, -0.2) is 0 Å². The lowest BCUT2D eigenvalue weighted by Gasteiger charge is -2.09. The molecule has 3 aromatic rings. The van der Waals surface area contributed by atoms with Crippen molar-refractivity contribution in [3.05, 3.63) is 79.7 Å². The first kappa shape index (κ1) is 16.5. The van der Waals surface area contributed by atoms with Gasteiger partial charge in [-0.2, -0.15) is 0 Å². The number of halogens is 2. The second kappa shape index (κ2) is 7.03. The van der Waals surface area contributed by atoms with Crippen LogP contribution >= 0.6 is 23.2 Å². The number of aromatic amines is 1. The number of hydrogen-bond donors (Lipinski definition) is 2. The van der Waals surface area contributed by atoms with E-state index in [2.05, 4.69) is 20.5 Å². The maximum atomic E-state index is 12.2. The summed E-state index contributed by atoms with van der Waals surface area (Å²) in [7, 11) is 0. The van der Waals surface area contributed by atoms with Gasteiger partial charge in [-0.1, -0.05) is 41.4 Å². The van der Waals surface area contributed by atoms with Crippen molar-refractivity contribution >= 4 is 34.8 Å². The molecular weight excluding hydrogens is 347 g/mol. The van der Waals surface area contributed by atoms with Crippen LogP contribution in [0.1, 0.15) is 16.8 Å². The average molecular weight is 361 g/mol. The van der Waals surface area contributed by atoms with E-state index in [1.54, 1.807) is 24.3 Å². The third-order valence-corrected chi connectivity index (χ3v) is 3.99. The molecule has 24 heavy (non-hydrogen) atoms. The number of rotatable bonds is 4. The summed E-state index contributed by atoms with van der Waals surface area (Å²) in [5.41, 5.74) is 2.73. The summed E-state index contributed by atoms with van der Waals surface area (Å²) < 4.78 is 0. The molecule has 3 rings (SSSR count). The molecular formula is C17H14Cl2N4O. The van der Waals surface area contributed by atoms with Crippen LogP contribution in [0.5, 0.6) is 0 Å². The fraction of sp³-hybridized carbons (Fsp3) is 0.118. The molecule has 0 saturated heterocycles. The Morgan fingerprint density at radius 3 is 2.46 bits per heavy atom. The molecule has 2 aromatic carbocycles. The van der Waals surface area contributed by atoms with E-state index in [1.807, 2.05) is 25.1 Å². The third kappa shape index (κ3) is 3.93. The molecule has 0 spiro atoms. The molecule has 2 N–H and O–H groups in total. The zero-order valence-electron chi connectivity index (χ0n) is 12.8. The van der Waals surface area contributed by atoms with Gasteiger partial charge in [-0.3, -0.25) is 9.78 Å². The molecule has 7 heteroatoms. The zero-order chi connectivity index (χ0) is 17.1. The number of nitrogens with one attached hydrogen (secondary N) is 2. The van der Waals surface area contributed by atoms with E-state index < -0.39 is 0 Å². The van der Waals surface area contributed by atoms with Gasteiger partial charge >= 0.3 is 0 Å². The Morgan fingerprint density at radius 1 is 1.04 bits per heavy atom. The van der Waals surface area contributed by atoms with Crippen LogP contribution in [-0.4, -0.2) is 15.2 Å². The number of aromatic nitrogens is 3. The molecule has 122 valence electrons. The van der Waals surface area contributed by atoms with Gasteiger partial charge in [0.1, 0.15) is 5.69 Å². The highest BCUT2D eigenvalue weighted by atomic mass is 35.5. The zero-order valence-corrected chi connectivity index (χ0v) is 14.3. The van der Waals surface area contributed by atoms with E-state index in [1.165, 1.54) is 0 Å². The fourth-order valence-electron chi connectivity index (χ4n) is 2.18. The number of H-pyrrole nitrogens is 1. The SMILES string of the molecule is Cc1ccc(Cl)cc1Nc1nnc(Cc2ccc(Cl)cc2)c(=O)[nH]1. The first-order valence-corrected chi connectivity index (χ1v) is 8.00. The minimum atomic E-state index is -0.290. The van der Waals surface area contributed by atoms with E-state index in [-0.39, 0.29) is 11.5 Å². The normalized spacial score (nSPS) is 10.6. The van der Waals surface area contributed by atoms with Crippen LogP contribution in [0, 0.1) is 6.92 Å². The molecule has 0 radical (unpaired) electrons. The van der Waals surface area contributed by atoms with Crippen LogP contribution in [-0.2, 0) is 6.42 Å². The molecule has 0 unspecified atom stereocenters. The van der Waals surface area contributed by atoms with Crippen molar-refractivity contribution in [1.29, 1.82) is 0 Å². The quantitative estimate of drug-likeness (QED) is 0.734. The minimum Gasteiger partial charge on any atom is -0.324 e. The van der Waals surface area contributed by atoms with Gasteiger partial charge in [0, 0.05) is 22.2 Å². The van der Waals surface area contributed by atoms with Crippen molar-refractivity contribution in [1.82, 2.24) is 15.2 Å². The van der Waals surface area contributed by atoms with E-state index in [0.717, 1.165) is 16.8 Å². The molecule has 1 heterocycles. The molecule has 0 saturated carbocycles. The Bertz CT molecular complexity index is 923. The van der Waals surface area contributed by atoms with Crippen LogP contribution in [0.3, 0.4) is 0 Å². The lowest BCUT2D eigenvalue weighted by molar-refractivity contribution is 0.874. The predicted octanol–water partition coefficient (Wildman–Crippen LogP) is 4.11. The number of anilines is 2. The van der Waals surface area contributed by atoms with Crippen molar-refractivity contribution in [3.63, 3.8) is 0 Å². The molecule has 0 aliphatic carbocycles. The Balaban J connectivity index is 1.80. The van der Waals surface area contributed by atoms with Gasteiger partial charge in [0.15, 0.2) is 0 Å². The monoisotopic (exact) mass is 360 g/mol. The average Bonchev–Trinajstić information content (AvgIpc) is 2.55. The fourth-order valence-corrected chi connectivity index (χ4v) is 2.48. The van der Waals surface area contributed by atoms with Gasteiger partial charge in [0.2, 0.25) is 5.95 Å². The van der Waals surface area contributed by atoms with Gasteiger partial charge in [-0.15, -0.1) is 10.2 Å². The Morgan fingerprint density at radius 2 is 1.75 bits per heavy atom. The van der Waals surface area contributed by atoms with Gasteiger partial charge < -0.3 is 5.32 Å². The topological polar surface area (TPSA) is 70.7 Å². The summed E-state index contributed by atoms with van der Waals surface area (Å²) in [5, 5.41) is 12.3. The first-order valence-electron chi connectivity index (χ1n) is 7.25. The summed E-state index contributed by atoms with van der Waals surface area (Å²) in [5.74, 6) is 0.269. The van der Waals surface area contributed by atoms with E-state index in [9.17, 15) is 4.79 Å². The Hall–Kier alpha value is -2.37. The predicted molar refractivity (Wildman–Crippen MR) is 96.4 cm³/mol. The lowest BCUT2D eigenvalue weighted by atomic mass is 10.1. The molecule has 0 atom stereocenters. The van der Waals surface area contributed by atoms with Crippen LogP contribution in [0.25, 0.3) is 0 Å². The Kier molecular flexibility index (Phi) is 4.83. The van der Waals surface area contributed by atoms with Crippen molar-refractivity contribution in [3.8, 4) is 0 Å². The summed E-state index contributed by atoms with van der Waals surface area (Å²) in [4.78, 5) is 14.9. The van der Waals surface area contributed by atoms with E-state index >= 15 is 0 Å². The first-order chi connectivity index (χ1) is 11.5. The summed E-state index contributed by atoms with van der Waals surface area (Å²) in [6, 6.07) is 12.7. The maximum absolute atomic E-state index is 12.2. The summed E-state index contributed by atoms with van der Waals surface area (Å²) in [6.45, 7) is 1.93. The highest BCUT2D eigenvalue weighted by molar-refractivity contribution is 6.31. The standard InChI is InChI=1S/C17H14Cl2N4O/c1-10-2-5-13(19)9-14(10)20-17-21-16(24)15(22-23-17)8-11-3-6-12(18)7-4-11/h2-7,9H,8H2,1H3,(H2,20,21,23,24). The van der Waals surface area contributed by atoms with Crippen LogP contribution in [0.15, 0.2) is 47.3 Å². The number of hydrogen-bond acceptors (Lipinski definition) is 4. The molecule has 0 fully saturated rings. The maximum Gasteiger partial charge on any atom is 0.274 e. The number of nitrogens with zero attached hydrogens (tertiary/aromatic N) is 2. The third-order valence-electron chi connectivity index (χ3n) is 3.50. The van der Waals surface area contributed by atoms with Gasteiger partial charge in [-0.05, 0) is 42.3 Å². The number of benzene rings is 2. The summed E-state index contributed by atoms with van der Waals surface area (Å²) >= 11 is 11.8. The number of aryl methyl sites for hydroxylation is 1. The molecule has 0 aliphatic rings. The van der Waals surface area contributed by atoms with Gasteiger partial charge in [0.05, 0.1) is 0 Å². The largest absolute Gasteiger partial charge is 0.324 e. The molecule has 0 amide bonds. The van der Waals surface area contributed by atoms with Crippen molar-refractivity contribution in [2.75, 3.05) is 5.32 Å².